The van der Waals surface area contributed by atoms with Gasteiger partial charge in [-0.1, -0.05) is 59.6 Å². The topological polar surface area (TPSA) is 41.8 Å². The van der Waals surface area contributed by atoms with E-state index in [-0.39, 0.29) is 0 Å². The third kappa shape index (κ3) is 4.48. The van der Waals surface area contributed by atoms with E-state index in [1.807, 2.05) is 24.4 Å². The molecule has 0 aliphatic carbocycles. The number of ether oxygens (including phenoxy) is 1. The largest absolute Gasteiger partial charge is 0.378 e. The Morgan fingerprint density at radius 3 is 2.53 bits per heavy atom. The van der Waals surface area contributed by atoms with Crippen LogP contribution in [0, 0.1) is 0 Å². The lowest BCUT2D eigenvalue weighted by molar-refractivity contribution is 0.122. The van der Waals surface area contributed by atoms with E-state index in [0.717, 1.165) is 61.0 Å². The number of benzene rings is 2. The van der Waals surface area contributed by atoms with Gasteiger partial charge in [-0.2, -0.15) is 0 Å². The van der Waals surface area contributed by atoms with Crippen molar-refractivity contribution in [3.8, 4) is 11.1 Å². The smallest absolute Gasteiger partial charge is 0.138 e. The third-order valence-corrected chi connectivity index (χ3v) is 6.31. The zero-order valence-electron chi connectivity index (χ0n) is 17.6. The van der Waals surface area contributed by atoms with Gasteiger partial charge in [0, 0.05) is 53.5 Å². The van der Waals surface area contributed by atoms with Crippen LogP contribution in [0.15, 0.2) is 67.0 Å². The van der Waals surface area contributed by atoms with Crippen molar-refractivity contribution in [3.05, 3.63) is 88.2 Å². The zero-order valence-corrected chi connectivity index (χ0v) is 19.1. The lowest BCUT2D eigenvalue weighted by atomic mass is 10.0. The van der Waals surface area contributed by atoms with Crippen LogP contribution in [0.1, 0.15) is 11.1 Å². The van der Waals surface area contributed by atoms with E-state index >= 15 is 0 Å². The van der Waals surface area contributed by atoms with Gasteiger partial charge < -0.3 is 15.0 Å². The van der Waals surface area contributed by atoms with Crippen LogP contribution in [-0.4, -0.2) is 35.7 Å². The molecule has 0 unspecified atom stereocenters. The highest BCUT2D eigenvalue weighted by Gasteiger charge is 2.18. The maximum atomic E-state index is 6.62. The predicted octanol–water partition coefficient (Wildman–Crippen LogP) is 5.43. The SMILES string of the molecule is Clc1ccc(-c2cn3c(N4CCOCC4)cnc3cc2CNCc2ccccc2)c(Cl)c1. The molecule has 0 saturated carbocycles. The molecule has 1 N–H and O–H groups in total. The molecule has 5 rings (SSSR count). The van der Waals surface area contributed by atoms with Gasteiger partial charge in [-0.3, -0.25) is 4.40 Å². The van der Waals surface area contributed by atoms with Crippen molar-refractivity contribution in [2.75, 3.05) is 31.2 Å². The summed E-state index contributed by atoms with van der Waals surface area (Å²) in [5, 5.41) is 4.82. The molecule has 1 aliphatic rings. The van der Waals surface area contributed by atoms with E-state index in [0.29, 0.717) is 16.6 Å². The Hall–Kier alpha value is -2.57. The molecule has 2 aromatic heterocycles. The molecule has 1 saturated heterocycles. The summed E-state index contributed by atoms with van der Waals surface area (Å²) in [6.07, 6.45) is 4.08. The first kappa shape index (κ1) is 21.3. The minimum atomic E-state index is 0.625. The van der Waals surface area contributed by atoms with Gasteiger partial charge in [0.2, 0.25) is 0 Å². The Morgan fingerprint density at radius 1 is 0.938 bits per heavy atom. The summed E-state index contributed by atoms with van der Waals surface area (Å²) < 4.78 is 7.67. The Labute approximate surface area is 197 Å². The molecule has 5 nitrogen and oxygen atoms in total. The van der Waals surface area contributed by atoms with Gasteiger partial charge in [-0.05, 0) is 29.3 Å². The summed E-state index contributed by atoms with van der Waals surface area (Å²) in [7, 11) is 0. The Morgan fingerprint density at radius 2 is 1.75 bits per heavy atom. The van der Waals surface area contributed by atoms with Gasteiger partial charge in [-0.15, -0.1) is 0 Å². The van der Waals surface area contributed by atoms with Gasteiger partial charge in [0.05, 0.1) is 19.4 Å². The van der Waals surface area contributed by atoms with Gasteiger partial charge in [0.25, 0.3) is 0 Å². The fourth-order valence-electron chi connectivity index (χ4n) is 4.11. The first-order valence-corrected chi connectivity index (χ1v) is 11.5. The number of morpholine rings is 1. The van der Waals surface area contributed by atoms with Crippen molar-refractivity contribution < 1.29 is 4.74 Å². The van der Waals surface area contributed by atoms with Crippen LogP contribution in [0.25, 0.3) is 16.8 Å². The number of hydrogen-bond donors (Lipinski definition) is 1. The van der Waals surface area contributed by atoms with E-state index in [4.69, 9.17) is 32.9 Å². The molecule has 3 heterocycles. The number of anilines is 1. The highest BCUT2D eigenvalue weighted by Crippen LogP contribution is 2.34. The van der Waals surface area contributed by atoms with Crippen molar-refractivity contribution in [2.24, 2.45) is 0 Å². The molecule has 0 radical (unpaired) electrons. The molecule has 0 atom stereocenters. The van der Waals surface area contributed by atoms with Crippen LogP contribution >= 0.6 is 23.2 Å². The maximum Gasteiger partial charge on any atom is 0.138 e. The molecule has 0 spiro atoms. The van der Waals surface area contributed by atoms with Crippen molar-refractivity contribution in [1.82, 2.24) is 14.7 Å². The summed E-state index contributed by atoms with van der Waals surface area (Å²) >= 11 is 12.8. The average Bonchev–Trinajstić information content (AvgIpc) is 3.23. The molecular formula is C25H24Cl2N4O. The van der Waals surface area contributed by atoms with Crippen molar-refractivity contribution in [1.29, 1.82) is 0 Å². The summed E-state index contributed by atoms with van der Waals surface area (Å²) in [5.41, 5.74) is 5.31. The van der Waals surface area contributed by atoms with Crippen LogP contribution in [0.2, 0.25) is 10.0 Å². The third-order valence-electron chi connectivity index (χ3n) is 5.76. The van der Waals surface area contributed by atoms with Gasteiger partial charge in [0.15, 0.2) is 0 Å². The van der Waals surface area contributed by atoms with Crippen LogP contribution in [-0.2, 0) is 17.8 Å². The first-order chi connectivity index (χ1) is 15.7. The van der Waals surface area contributed by atoms with Crippen LogP contribution in [0.4, 0.5) is 5.82 Å². The van der Waals surface area contributed by atoms with Crippen molar-refractivity contribution >= 4 is 34.7 Å². The van der Waals surface area contributed by atoms with Crippen LogP contribution in [0.5, 0.6) is 0 Å². The fourth-order valence-corrected chi connectivity index (χ4v) is 4.62. The first-order valence-electron chi connectivity index (χ1n) is 10.7. The normalized spacial score (nSPS) is 14.2. The number of nitrogens with zero attached hydrogens (tertiary/aromatic N) is 3. The quantitative estimate of drug-likeness (QED) is 0.411. The number of imidazole rings is 1. The number of rotatable bonds is 6. The van der Waals surface area contributed by atoms with E-state index in [1.165, 1.54) is 5.56 Å². The van der Waals surface area contributed by atoms with Crippen LogP contribution in [0.3, 0.4) is 0 Å². The number of hydrogen-bond acceptors (Lipinski definition) is 4. The second-order valence-corrected chi connectivity index (χ2v) is 8.71. The molecule has 0 amide bonds. The summed E-state index contributed by atoms with van der Waals surface area (Å²) in [5.74, 6) is 1.07. The Bertz CT molecular complexity index is 1220. The standard InChI is InChI=1S/C25H24Cl2N4O/c26-20-6-7-21(23(27)13-20)22-17-31-24(29-16-25(31)30-8-10-32-11-9-30)12-19(22)15-28-14-18-4-2-1-3-5-18/h1-7,12-13,16-17,28H,8-11,14-15H2. The van der Waals surface area contributed by atoms with E-state index in [1.54, 1.807) is 6.07 Å². The van der Waals surface area contributed by atoms with E-state index in [9.17, 15) is 0 Å². The molecule has 1 aliphatic heterocycles. The van der Waals surface area contributed by atoms with Crippen molar-refractivity contribution in [3.63, 3.8) is 0 Å². The predicted molar refractivity (Wildman–Crippen MR) is 131 cm³/mol. The van der Waals surface area contributed by atoms with Gasteiger partial charge in [-0.25, -0.2) is 4.98 Å². The summed E-state index contributed by atoms with van der Waals surface area (Å²) in [4.78, 5) is 7.00. The second kappa shape index (κ2) is 9.51. The summed E-state index contributed by atoms with van der Waals surface area (Å²) in [6.45, 7) is 4.64. The molecule has 1 fully saturated rings. The molecule has 7 heteroatoms. The molecule has 0 bridgehead atoms. The highest BCUT2D eigenvalue weighted by molar-refractivity contribution is 6.36. The number of halogens is 2. The minimum absolute atomic E-state index is 0.625. The lowest BCUT2D eigenvalue weighted by Crippen LogP contribution is -2.36. The average molecular weight is 467 g/mol. The molecule has 32 heavy (non-hydrogen) atoms. The number of fused-ring (bicyclic) bond motifs is 1. The Kier molecular flexibility index (Phi) is 6.32. The highest BCUT2D eigenvalue weighted by atomic mass is 35.5. The van der Waals surface area contributed by atoms with E-state index in [2.05, 4.69) is 51.1 Å². The molecule has 4 aromatic rings. The minimum Gasteiger partial charge on any atom is -0.378 e. The molecular weight excluding hydrogens is 443 g/mol. The van der Waals surface area contributed by atoms with Gasteiger partial charge >= 0.3 is 0 Å². The van der Waals surface area contributed by atoms with Crippen molar-refractivity contribution in [2.45, 2.75) is 13.1 Å². The number of aromatic nitrogens is 2. The van der Waals surface area contributed by atoms with E-state index < -0.39 is 0 Å². The molecule has 164 valence electrons. The molecule has 2 aromatic carbocycles. The fraction of sp³-hybridized carbons (Fsp3) is 0.240. The van der Waals surface area contributed by atoms with Crippen LogP contribution < -0.4 is 10.2 Å². The lowest BCUT2D eigenvalue weighted by Gasteiger charge is -2.28. The number of nitrogens with one attached hydrogen (secondary N) is 1. The number of pyridine rings is 1. The second-order valence-electron chi connectivity index (χ2n) is 7.87. The Balaban J connectivity index is 1.53. The maximum absolute atomic E-state index is 6.62. The van der Waals surface area contributed by atoms with Gasteiger partial charge in [0.1, 0.15) is 11.5 Å². The zero-order chi connectivity index (χ0) is 21.9. The summed E-state index contributed by atoms with van der Waals surface area (Å²) in [6, 6.07) is 18.2. The monoisotopic (exact) mass is 466 g/mol.